The summed E-state index contributed by atoms with van der Waals surface area (Å²) in [5.74, 6) is -0.0487. The topological polar surface area (TPSA) is 151 Å². The van der Waals surface area contributed by atoms with E-state index in [2.05, 4.69) is 42.5 Å². The molecule has 43 heavy (non-hydrogen) atoms. The van der Waals surface area contributed by atoms with Gasteiger partial charge in [0.05, 0.1) is 6.04 Å². The van der Waals surface area contributed by atoms with Crippen molar-refractivity contribution >= 4 is 30.0 Å². The lowest BCUT2D eigenvalue weighted by atomic mass is 9.80. The van der Waals surface area contributed by atoms with Crippen LogP contribution in [0.25, 0.3) is 0 Å². The second-order valence-electron chi connectivity index (χ2n) is 13.3. The molecule has 1 aliphatic heterocycles. The molecule has 0 aromatic carbocycles. The van der Waals surface area contributed by atoms with Crippen LogP contribution in [-0.2, 0) is 19.2 Å². The van der Waals surface area contributed by atoms with Crippen molar-refractivity contribution in [3.8, 4) is 0 Å². The molecule has 2 aliphatic carbocycles. The number of ketones is 1. The van der Waals surface area contributed by atoms with E-state index in [9.17, 15) is 19.2 Å². The van der Waals surface area contributed by atoms with Crippen LogP contribution in [0, 0.1) is 11.3 Å². The maximum Gasteiger partial charge on any atom is 0.315 e. The largest absolute Gasteiger partial charge is 0.372 e. The summed E-state index contributed by atoms with van der Waals surface area (Å²) in [7, 11) is 0. The number of carbonyl (C=O) groups is 5. The fourth-order valence-corrected chi connectivity index (χ4v) is 5.67. The molecule has 0 aromatic rings. The van der Waals surface area contributed by atoms with Crippen molar-refractivity contribution in [2.75, 3.05) is 6.54 Å². The number of carbonyl (C=O) groups excluding carboxylic acids is 5. The molecule has 3 atom stereocenters. The third kappa shape index (κ3) is 14.1. The molecule has 0 bridgehead atoms. The maximum absolute atomic E-state index is 13.7. The molecule has 0 radical (unpaired) electrons. The Labute approximate surface area is 261 Å². The van der Waals surface area contributed by atoms with Gasteiger partial charge in [-0.2, -0.15) is 0 Å². The van der Waals surface area contributed by atoms with E-state index in [4.69, 9.17) is 4.79 Å². The van der Waals surface area contributed by atoms with Crippen LogP contribution in [0.15, 0.2) is 0 Å². The molecule has 1 heterocycles. The van der Waals surface area contributed by atoms with Gasteiger partial charge in [0.25, 0.3) is 0 Å². The van der Waals surface area contributed by atoms with Crippen LogP contribution < -0.4 is 21.7 Å². The molecule has 3 unspecified atom stereocenters. The van der Waals surface area contributed by atoms with Crippen molar-refractivity contribution in [1.82, 2.24) is 20.9 Å². The molecule has 5 N–H and O–H groups in total. The van der Waals surface area contributed by atoms with Gasteiger partial charge in [0.1, 0.15) is 12.1 Å². The summed E-state index contributed by atoms with van der Waals surface area (Å²) in [6.45, 7) is 18.1. The Bertz CT molecular complexity index is 862. The third-order valence-electron chi connectivity index (χ3n) is 8.20. The Hall–Kier alpha value is -2.65. The summed E-state index contributed by atoms with van der Waals surface area (Å²) in [4.78, 5) is 62.2. The average molecular weight is 610 g/mol. The highest BCUT2D eigenvalue weighted by Crippen LogP contribution is 2.31. The van der Waals surface area contributed by atoms with Crippen molar-refractivity contribution < 1.29 is 24.0 Å². The first-order valence-electron chi connectivity index (χ1n) is 16.6. The van der Waals surface area contributed by atoms with Crippen molar-refractivity contribution in [3.05, 3.63) is 0 Å². The average Bonchev–Trinajstić information content (AvgIpc) is 3.40. The molecule has 5 amide bonds. The SMILES string of the molecule is CC.CC(=O)C(CC1CCC1)NC(=O)C1CCCN1C(=O)C(NC(=O)NC1(C)CCCCC1)C(C)(C)C.CCC.NC=O. The van der Waals surface area contributed by atoms with Gasteiger partial charge in [-0.3, -0.25) is 19.2 Å². The second-order valence-corrected chi connectivity index (χ2v) is 13.3. The summed E-state index contributed by atoms with van der Waals surface area (Å²) in [6.07, 6.45) is 12.1. The summed E-state index contributed by atoms with van der Waals surface area (Å²) >= 11 is 0. The number of nitrogens with one attached hydrogen (secondary N) is 3. The molecule has 3 aliphatic rings. The van der Waals surface area contributed by atoms with Crippen LogP contribution in [0.2, 0.25) is 0 Å². The van der Waals surface area contributed by atoms with Gasteiger partial charge in [-0.1, -0.05) is 93.4 Å². The van der Waals surface area contributed by atoms with Crippen molar-refractivity contribution in [2.45, 2.75) is 163 Å². The molecule has 3 rings (SSSR count). The van der Waals surface area contributed by atoms with Crippen molar-refractivity contribution in [2.24, 2.45) is 17.1 Å². The number of hydrogen-bond donors (Lipinski definition) is 4. The second kappa shape index (κ2) is 20.3. The number of nitrogens with zero attached hydrogens (tertiary/aromatic N) is 1. The number of amides is 5. The predicted octanol–water partition coefficient (Wildman–Crippen LogP) is 5.22. The van der Waals surface area contributed by atoms with Gasteiger partial charge in [0, 0.05) is 12.1 Å². The number of urea groups is 1. The van der Waals surface area contributed by atoms with Gasteiger partial charge < -0.3 is 26.6 Å². The zero-order chi connectivity index (χ0) is 33.2. The molecule has 250 valence electrons. The van der Waals surface area contributed by atoms with E-state index in [1.54, 1.807) is 4.90 Å². The molecule has 3 fully saturated rings. The van der Waals surface area contributed by atoms with E-state index in [0.29, 0.717) is 25.3 Å². The van der Waals surface area contributed by atoms with Crippen LogP contribution in [0.4, 0.5) is 4.79 Å². The lowest BCUT2D eigenvalue weighted by Crippen LogP contribution is -2.61. The predicted molar refractivity (Wildman–Crippen MR) is 173 cm³/mol. The molecule has 0 spiro atoms. The van der Waals surface area contributed by atoms with Gasteiger partial charge in [-0.15, -0.1) is 0 Å². The monoisotopic (exact) mass is 609 g/mol. The normalized spacial score (nSPS) is 20.5. The molecule has 10 heteroatoms. The van der Waals surface area contributed by atoms with E-state index < -0.39 is 23.5 Å². The highest BCUT2D eigenvalue weighted by Gasteiger charge is 2.43. The van der Waals surface area contributed by atoms with Crippen LogP contribution in [-0.4, -0.2) is 65.1 Å². The van der Waals surface area contributed by atoms with Gasteiger partial charge >= 0.3 is 6.03 Å². The zero-order valence-corrected chi connectivity index (χ0v) is 28.6. The summed E-state index contributed by atoms with van der Waals surface area (Å²) in [6, 6.07) is -2.21. The fourth-order valence-electron chi connectivity index (χ4n) is 5.67. The Balaban J connectivity index is 0.00000199. The van der Waals surface area contributed by atoms with E-state index in [0.717, 1.165) is 44.9 Å². The first-order valence-corrected chi connectivity index (χ1v) is 16.6. The molecule has 2 saturated carbocycles. The van der Waals surface area contributed by atoms with E-state index in [1.165, 1.54) is 26.2 Å². The number of hydrogen-bond acceptors (Lipinski definition) is 5. The standard InChI is InChI=1S/C27H46N4O4.C3H8.C2H6.CH3NO/c1-18(32)20(17-19-11-9-12-19)28-23(33)21-13-10-16-31(21)24(34)22(26(2,3)4)29-25(35)30-27(5)14-7-6-8-15-27;1-3-2;1-2;2-1-3/h19-22H,6-17H2,1-5H3,(H,28,33)(H2,29,30,35);3H2,1-2H3;1-2H3;1H,(H2,2,3). The molecular formula is C33H63N5O5. The van der Waals surface area contributed by atoms with Crippen molar-refractivity contribution in [1.29, 1.82) is 0 Å². The molecule has 10 nitrogen and oxygen atoms in total. The quantitative estimate of drug-likeness (QED) is 0.278. The number of likely N-dealkylation sites (tertiary alicyclic amines) is 1. The number of rotatable bonds is 8. The van der Waals surface area contributed by atoms with Gasteiger partial charge in [0.2, 0.25) is 18.2 Å². The zero-order valence-electron chi connectivity index (χ0n) is 28.6. The Kier molecular flexibility index (Phi) is 19.1. The Morgan fingerprint density at radius 2 is 1.49 bits per heavy atom. The van der Waals surface area contributed by atoms with Crippen LogP contribution >= 0.6 is 0 Å². The summed E-state index contributed by atoms with van der Waals surface area (Å²) in [5.41, 5.74) is 3.38. The summed E-state index contributed by atoms with van der Waals surface area (Å²) in [5, 5.41) is 8.98. The Morgan fingerprint density at radius 3 is 1.93 bits per heavy atom. The highest BCUT2D eigenvalue weighted by molar-refractivity contribution is 5.94. The summed E-state index contributed by atoms with van der Waals surface area (Å²) < 4.78 is 0. The fraction of sp³-hybridized carbons (Fsp3) is 0.848. The first kappa shape index (κ1) is 40.4. The van der Waals surface area contributed by atoms with E-state index in [-0.39, 0.29) is 35.6 Å². The van der Waals surface area contributed by atoms with Crippen molar-refractivity contribution in [3.63, 3.8) is 0 Å². The highest BCUT2D eigenvalue weighted by atomic mass is 16.2. The van der Waals surface area contributed by atoms with Gasteiger partial charge in [-0.25, -0.2) is 4.79 Å². The number of primary amides is 1. The molecule has 0 aromatic heterocycles. The maximum atomic E-state index is 13.7. The van der Waals surface area contributed by atoms with Crippen LogP contribution in [0.3, 0.4) is 0 Å². The molecule has 1 saturated heterocycles. The first-order chi connectivity index (χ1) is 20.2. The third-order valence-corrected chi connectivity index (χ3v) is 8.20. The molecular weight excluding hydrogens is 546 g/mol. The minimum atomic E-state index is -0.762. The van der Waals surface area contributed by atoms with Crippen LogP contribution in [0.5, 0.6) is 0 Å². The van der Waals surface area contributed by atoms with Gasteiger partial charge in [-0.05, 0) is 57.3 Å². The van der Waals surface area contributed by atoms with Gasteiger partial charge in [0.15, 0.2) is 5.78 Å². The van der Waals surface area contributed by atoms with Crippen LogP contribution in [0.1, 0.15) is 139 Å². The lowest BCUT2D eigenvalue weighted by molar-refractivity contribution is -0.142. The minimum absolute atomic E-state index is 0.0387. The van der Waals surface area contributed by atoms with E-state index >= 15 is 0 Å². The minimum Gasteiger partial charge on any atom is -0.372 e. The van der Waals surface area contributed by atoms with E-state index in [1.807, 2.05) is 34.6 Å². The number of Topliss-reactive ketones (excluding diaryl/α,β-unsaturated/α-hetero) is 1. The lowest BCUT2D eigenvalue weighted by Gasteiger charge is -2.38. The number of nitrogens with two attached hydrogens (primary N) is 1. The Morgan fingerprint density at radius 1 is 0.953 bits per heavy atom. The smallest absolute Gasteiger partial charge is 0.315 e.